The molecule has 0 aromatic rings. The van der Waals surface area contributed by atoms with Crippen molar-refractivity contribution in [3.8, 4) is 0 Å². The number of rotatable bonds is 2. The normalized spacial score (nSPS) is 31.8. The Kier molecular flexibility index (Phi) is 2.94. The summed E-state index contributed by atoms with van der Waals surface area (Å²) < 4.78 is 0. The van der Waals surface area contributed by atoms with E-state index in [1.54, 1.807) is 0 Å². The number of likely N-dealkylation sites (tertiary alicyclic amines) is 1. The number of hydrogen-bond acceptors (Lipinski definition) is 4. The van der Waals surface area contributed by atoms with Gasteiger partial charge in [0.1, 0.15) is 0 Å². The molecule has 2 heterocycles. The smallest absolute Gasteiger partial charge is 0.0143 e. The van der Waals surface area contributed by atoms with E-state index in [0.29, 0.717) is 5.41 Å². The summed E-state index contributed by atoms with van der Waals surface area (Å²) >= 11 is 0. The van der Waals surface area contributed by atoms with Crippen molar-refractivity contribution < 1.29 is 0 Å². The van der Waals surface area contributed by atoms with Crippen LogP contribution in [0.5, 0.6) is 0 Å². The number of nitrogens with zero attached hydrogens (tertiary/aromatic N) is 3. The molecule has 3 aliphatic rings. The average Bonchev–Trinajstić information content (AvgIpc) is 2.21. The van der Waals surface area contributed by atoms with Crippen LogP contribution in [0.15, 0.2) is 0 Å². The quantitative estimate of drug-likeness (QED) is 0.704. The lowest BCUT2D eigenvalue weighted by Gasteiger charge is -2.61. The van der Waals surface area contributed by atoms with E-state index >= 15 is 0 Å². The van der Waals surface area contributed by atoms with Gasteiger partial charge in [-0.25, -0.2) is 5.01 Å². The van der Waals surface area contributed by atoms with Crippen LogP contribution < -0.4 is 5.84 Å². The molecular weight excluding hydrogens is 212 g/mol. The van der Waals surface area contributed by atoms with Gasteiger partial charge in [0.25, 0.3) is 0 Å². The molecule has 0 radical (unpaired) electrons. The Morgan fingerprint density at radius 1 is 1.12 bits per heavy atom. The molecule has 3 rings (SSSR count). The van der Waals surface area contributed by atoms with Crippen molar-refractivity contribution in [1.82, 2.24) is 14.8 Å². The van der Waals surface area contributed by atoms with Crippen LogP contribution in [0.4, 0.5) is 0 Å². The lowest BCUT2D eigenvalue weighted by molar-refractivity contribution is -0.105. The molecule has 1 aliphatic carbocycles. The molecule has 0 unspecified atom stereocenters. The van der Waals surface area contributed by atoms with Crippen LogP contribution in [0, 0.1) is 5.41 Å². The first-order chi connectivity index (χ1) is 8.08. The van der Waals surface area contributed by atoms with E-state index in [2.05, 4.69) is 23.9 Å². The van der Waals surface area contributed by atoms with Crippen LogP contribution >= 0.6 is 0 Å². The van der Waals surface area contributed by atoms with E-state index in [1.807, 2.05) is 5.01 Å². The molecule has 0 atom stereocenters. The third kappa shape index (κ3) is 2.12. The van der Waals surface area contributed by atoms with Gasteiger partial charge in [-0.15, -0.1) is 0 Å². The summed E-state index contributed by atoms with van der Waals surface area (Å²) in [5.41, 5.74) is 0.711. The van der Waals surface area contributed by atoms with Gasteiger partial charge < -0.3 is 9.80 Å². The van der Waals surface area contributed by atoms with Gasteiger partial charge in [0.05, 0.1) is 0 Å². The maximum absolute atomic E-state index is 5.82. The fourth-order valence-corrected chi connectivity index (χ4v) is 4.18. The summed E-state index contributed by atoms with van der Waals surface area (Å²) in [5.74, 6) is 5.82. The van der Waals surface area contributed by atoms with Crippen LogP contribution in [0.1, 0.15) is 25.7 Å². The summed E-state index contributed by atoms with van der Waals surface area (Å²) in [7, 11) is 4.57. The molecule has 0 aromatic carbocycles. The lowest BCUT2D eigenvalue weighted by Crippen LogP contribution is -2.66. The molecule has 1 saturated carbocycles. The Hall–Kier alpha value is -0.160. The fraction of sp³-hybridized carbons (Fsp3) is 1.00. The Labute approximate surface area is 105 Å². The van der Waals surface area contributed by atoms with Crippen molar-refractivity contribution >= 4 is 0 Å². The summed E-state index contributed by atoms with van der Waals surface area (Å²) in [6.07, 6.45) is 5.35. The molecular formula is C13H26N4. The van der Waals surface area contributed by atoms with E-state index in [9.17, 15) is 0 Å². The van der Waals surface area contributed by atoms with Crippen LogP contribution in [0.25, 0.3) is 0 Å². The van der Waals surface area contributed by atoms with Gasteiger partial charge in [-0.2, -0.15) is 0 Å². The molecule has 98 valence electrons. The third-order valence-electron chi connectivity index (χ3n) is 5.20. The van der Waals surface area contributed by atoms with Gasteiger partial charge in [-0.05, 0) is 45.2 Å². The minimum Gasteiger partial charge on any atom is -0.305 e. The molecule has 1 spiro atoms. The Bertz CT molecular complexity index is 271. The van der Waals surface area contributed by atoms with Crippen molar-refractivity contribution in [2.24, 2.45) is 11.3 Å². The second-order valence-electron chi connectivity index (χ2n) is 6.67. The second-order valence-corrected chi connectivity index (χ2v) is 6.67. The number of hydrogen-bond donors (Lipinski definition) is 1. The monoisotopic (exact) mass is 238 g/mol. The van der Waals surface area contributed by atoms with Crippen LogP contribution in [-0.4, -0.2) is 67.2 Å². The highest BCUT2D eigenvalue weighted by Crippen LogP contribution is 2.49. The van der Waals surface area contributed by atoms with Crippen molar-refractivity contribution in [2.45, 2.75) is 37.8 Å². The fourth-order valence-electron chi connectivity index (χ4n) is 4.18. The highest BCUT2D eigenvalue weighted by molar-refractivity contribution is 5.07. The first-order valence-corrected chi connectivity index (χ1v) is 6.98. The van der Waals surface area contributed by atoms with Crippen molar-refractivity contribution in [2.75, 3.05) is 40.3 Å². The lowest BCUT2D eigenvalue weighted by atomic mass is 9.60. The summed E-state index contributed by atoms with van der Waals surface area (Å²) in [6, 6.07) is 1.62. The highest BCUT2D eigenvalue weighted by atomic mass is 15.4. The molecule has 0 bridgehead atoms. The van der Waals surface area contributed by atoms with E-state index in [1.165, 1.54) is 38.8 Å². The molecule has 2 N–H and O–H groups in total. The number of piperidine rings is 1. The minimum atomic E-state index is 0.711. The molecule has 0 amide bonds. The van der Waals surface area contributed by atoms with E-state index in [-0.39, 0.29) is 0 Å². The molecule has 4 nitrogen and oxygen atoms in total. The SMILES string of the molecule is CN1CC2(CC(N(C)C3CCN(N)CC3)C2)C1. The van der Waals surface area contributed by atoms with Gasteiger partial charge in [0.15, 0.2) is 0 Å². The second kappa shape index (κ2) is 4.19. The Morgan fingerprint density at radius 2 is 1.71 bits per heavy atom. The summed E-state index contributed by atoms with van der Waals surface area (Å²) in [4.78, 5) is 5.10. The molecule has 3 fully saturated rings. The molecule has 4 heteroatoms. The molecule has 2 saturated heterocycles. The summed E-state index contributed by atoms with van der Waals surface area (Å²) in [6.45, 7) is 4.79. The standard InChI is InChI=1S/C13H26N4/c1-15-9-13(10-15)7-12(8-13)16(2)11-3-5-17(14)6-4-11/h11-12H,3-10,14H2,1-2H3. The van der Waals surface area contributed by atoms with Crippen molar-refractivity contribution in [1.29, 1.82) is 0 Å². The predicted octanol–water partition coefficient (Wildman–Crippen LogP) is 0.351. The predicted molar refractivity (Wildman–Crippen MR) is 69.5 cm³/mol. The summed E-state index contributed by atoms with van der Waals surface area (Å²) in [5, 5.41) is 1.97. The largest absolute Gasteiger partial charge is 0.305 e. The Morgan fingerprint density at radius 3 is 2.24 bits per heavy atom. The van der Waals surface area contributed by atoms with Gasteiger partial charge in [0, 0.05) is 38.3 Å². The zero-order valence-corrected chi connectivity index (χ0v) is 11.2. The maximum atomic E-state index is 5.82. The van der Waals surface area contributed by atoms with Gasteiger partial charge in [-0.3, -0.25) is 5.84 Å². The average molecular weight is 238 g/mol. The van der Waals surface area contributed by atoms with Gasteiger partial charge in [-0.1, -0.05) is 0 Å². The third-order valence-corrected chi connectivity index (χ3v) is 5.20. The number of nitrogens with two attached hydrogens (primary N) is 1. The van der Waals surface area contributed by atoms with Gasteiger partial charge >= 0.3 is 0 Å². The Balaban J connectivity index is 1.47. The van der Waals surface area contributed by atoms with E-state index in [4.69, 9.17) is 5.84 Å². The van der Waals surface area contributed by atoms with Crippen LogP contribution in [0.3, 0.4) is 0 Å². The van der Waals surface area contributed by atoms with Crippen LogP contribution in [0.2, 0.25) is 0 Å². The topological polar surface area (TPSA) is 35.7 Å². The van der Waals surface area contributed by atoms with Crippen molar-refractivity contribution in [3.05, 3.63) is 0 Å². The first-order valence-electron chi connectivity index (χ1n) is 6.98. The van der Waals surface area contributed by atoms with E-state index in [0.717, 1.165) is 25.2 Å². The highest BCUT2D eigenvalue weighted by Gasteiger charge is 2.52. The first kappa shape index (κ1) is 11.9. The van der Waals surface area contributed by atoms with Crippen LogP contribution in [-0.2, 0) is 0 Å². The van der Waals surface area contributed by atoms with Gasteiger partial charge in [0.2, 0.25) is 0 Å². The minimum absolute atomic E-state index is 0.711. The zero-order chi connectivity index (χ0) is 12.0. The van der Waals surface area contributed by atoms with Crippen molar-refractivity contribution in [3.63, 3.8) is 0 Å². The molecule has 17 heavy (non-hydrogen) atoms. The number of hydrazine groups is 1. The zero-order valence-electron chi connectivity index (χ0n) is 11.2. The maximum Gasteiger partial charge on any atom is 0.0143 e. The van der Waals surface area contributed by atoms with E-state index < -0.39 is 0 Å². The molecule has 0 aromatic heterocycles. The molecule has 2 aliphatic heterocycles.